The van der Waals surface area contributed by atoms with Crippen molar-refractivity contribution in [2.75, 3.05) is 0 Å². The van der Waals surface area contributed by atoms with Gasteiger partial charge in [-0.3, -0.25) is 0 Å². The number of hydrogen-bond acceptors (Lipinski definition) is 3. The van der Waals surface area contributed by atoms with Crippen LogP contribution in [0.4, 0.5) is 0 Å². The summed E-state index contributed by atoms with van der Waals surface area (Å²) in [6.07, 6.45) is 3.88. The van der Waals surface area contributed by atoms with E-state index in [1.807, 2.05) is 0 Å². The highest BCUT2D eigenvalue weighted by Crippen LogP contribution is 2.36. The van der Waals surface area contributed by atoms with Crippen LogP contribution in [0.2, 0.25) is 0 Å². The number of phenols is 1. The first-order valence-corrected chi connectivity index (χ1v) is 6.08. The molecule has 1 N–H and O–H groups in total. The van der Waals surface area contributed by atoms with E-state index < -0.39 is 5.97 Å². The van der Waals surface area contributed by atoms with Gasteiger partial charge >= 0.3 is 5.97 Å². The molecule has 0 bridgehead atoms. The van der Waals surface area contributed by atoms with Crippen molar-refractivity contribution in [3.63, 3.8) is 0 Å². The van der Waals surface area contributed by atoms with E-state index in [1.165, 1.54) is 12.1 Å². The Hall–Kier alpha value is -1.77. The van der Waals surface area contributed by atoms with Crippen LogP contribution in [0.5, 0.6) is 11.5 Å². The normalized spacial score (nSPS) is 11.8. The Morgan fingerprint density at radius 1 is 1.44 bits per heavy atom. The molecule has 98 valence electrons. The van der Waals surface area contributed by atoms with Crippen molar-refractivity contribution in [1.82, 2.24) is 0 Å². The Morgan fingerprint density at radius 3 is 2.67 bits per heavy atom. The van der Waals surface area contributed by atoms with Crippen molar-refractivity contribution in [2.24, 2.45) is 0 Å². The van der Waals surface area contributed by atoms with Gasteiger partial charge in [-0.2, -0.15) is 0 Å². The lowest BCUT2D eigenvalue weighted by atomic mass is 9.81. The number of phenolic OH excluding ortho intramolecular Hbond substituents is 1. The molecule has 0 amide bonds. The highest BCUT2D eigenvalue weighted by Gasteiger charge is 2.23. The van der Waals surface area contributed by atoms with Crippen molar-refractivity contribution in [3.05, 3.63) is 35.9 Å². The molecule has 1 aromatic carbocycles. The SMILES string of the molecule is C/C=C/C(=O)Oc1ccc(O)cc1C(C)(C)CC. The van der Waals surface area contributed by atoms with Gasteiger partial charge in [0.2, 0.25) is 0 Å². The lowest BCUT2D eigenvalue weighted by Gasteiger charge is -2.25. The summed E-state index contributed by atoms with van der Waals surface area (Å²) in [6.45, 7) is 7.92. The van der Waals surface area contributed by atoms with E-state index in [0.29, 0.717) is 5.75 Å². The molecule has 0 spiro atoms. The zero-order valence-corrected chi connectivity index (χ0v) is 11.4. The summed E-state index contributed by atoms with van der Waals surface area (Å²) in [6, 6.07) is 4.80. The van der Waals surface area contributed by atoms with E-state index in [2.05, 4.69) is 20.8 Å². The Balaban J connectivity index is 3.15. The van der Waals surface area contributed by atoms with Crippen LogP contribution in [0.25, 0.3) is 0 Å². The van der Waals surface area contributed by atoms with E-state index in [9.17, 15) is 9.90 Å². The highest BCUT2D eigenvalue weighted by molar-refractivity contribution is 5.84. The molecule has 0 aliphatic rings. The summed E-state index contributed by atoms with van der Waals surface area (Å²) in [5.74, 6) is 0.274. The summed E-state index contributed by atoms with van der Waals surface area (Å²) in [5.41, 5.74) is 0.674. The van der Waals surface area contributed by atoms with Gasteiger partial charge in [-0.15, -0.1) is 0 Å². The molecule has 1 rings (SSSR count). The number of ether oxygens (including phenoxy) is 1. The maximum absolute atomic E-state index is 11.5. The molecule has 18 heavy (non-hydrogen) atoms. The maximum Gasteiger partial charge on any atom is 0.335 e. The molecule has 0 atom stereocenters. The number of allylic oxidation sites excluding steroid dienone is 1. The second-order valence-electron chi connectivity index (χ2n) is 4.84. The van der Waals surface area contributed by atoms with Crippen LogP contribution in [0.3, 0.4) is 0 Å². The summed E-state index contributed by atoms with van der Waals surface area (Å²) in [7, 11) is 0. The topological polar surface area (TPSA) is 46.5 Å². The van der Waals surface area contributed by atoms with Crippen LogP contribution in [0.15, 0.2) is 30.4 Å². The number of aromatic hydroxyl groups is 1. The van der Waals surface area contributed by atoms with Crippen LogP contribution in [0, 0.1) is 0 Å². The van der Waals surface area contributed by atoms with E-state index in [-0.39, 0.29) is 11.2 Å². The Bertz CT molecular complexity index is 459. The van der Waals surface area contributed by atoms with Crippen LogP contribution in [0.1, 0.15) is 39.7 Å². The number of rotatable bonds is 4. The molecule has 3 nitrogen and oxygen atoms in total. The molecule has 0 aliphatic heterocycles. The van der Waals surface area contributed by atoms with E-state index in [4.69, 9.17) is 4.74 Å². The number of hydrogen-bond donors (Lipinski definition) is 1. The molecule has 0 saturated heterocycles. The number of esters is 1. The van der Waals surface area contributed by atoms with Crippen LogP contribution in [-0.4, -0.2) is 11.1 Å². The molecule has 0 aliphatic carbocycles. The lowest BCUT2D eigenvalue weighted by molar-refractivity contribution is -0.129. The largest absolute Gasteiger partial charge is 0.508 e. The van der Waals surface area contributed by atoms with Gasteiger partial charge in [-0.25, -0.2) is 4.79 Å². The first kappa shape index (κ1) is 14.3. The highest BCUT2D eigenvalue weighted by atomic mass is 16.5. The first-order chi connectivity index (χ1) is 8.40. The molecule has 0 fully saturated rings. The minimum Gasteiger partial charge on any atom is -0.508 e. The molecule has 0 heterocycles. The number of benzene rings is 1. The fourth-order valence-electron chi connectivity index (χ4n) is 1.60. The average Bonchev–Trinajstić information content (AvgIpc) is 2.31. The zero-order chi connectivity index (χ0) is 13.8. The predicted octanol–water partition coefficient (Wildman–Crippen LogP) is 3.56. The van der Waals surface area contributed by atoms with Crippen molar-refractivity contribution >= 4 is 5.97 Å². The van der Waals surface area contributed by atoms with Gasteiger partial charge in [0.15, 0.2) is 0 Å². The van der Waals surface area contributed by atoms with Gasteiger partial charge < -0.3 is 9.84 Å². The van der Waals surface area contributed by atoms with Gasteiger partial charge in [0.25, 0.3) is 0 Å². The monoisotopic (exact) mass is 248 g/mol. The quantitative estimate of drug-likeness (QED) is 0.503. The molecular formula is C15H20O3. The van der Waals surface area contributed by atoms with Gasteiger partial charge in [-0.1, -0.05) is 26.8 Å². The molecule has 3 heteroatoms. The number of carbonyl (C=O) groups is 1. The van der Waals surface area contributed by atoms with E-state index in [0.717, 1.165) is 12.0 Å². The molecular weight excluding hydrogens is 228 g/mol. The van der Waals surface area contributed by atoms with Gasteiger partial charge in [0.1, 0.15) is 11.5 Å². The van der Waals surface area contributed by atoms with Crippen molar-refractivity contribution in [1.29, 1.82) is 0 Å². The Labute approximate surface area is 108 Å². The first-order valence-electron chi connectivity index (χ1n) is 6.08. The molecule has 0 unspecified atom stereocenters. The third kappa shape index (κ3) is 3.36. The fraction of sp³-hybridized carbons (Fsp3) is 0.400. The van der Waals surface area contributed by atoms with E-state index in [1.54, 1.807) is 25.1 Å². The minimum absolute atomic E-state index is 0.162. The number of carbonyl (C=O) groups excluding carboxylic acids is 1. The molecule has 1 aromatic rings. The summed E-state index contributed by atoms with van der Waals surface area (Å²) in [4.78, 5) is 11.5. The molecule has 0 aromatic heterocycles. The summed E-state index contributed by atoms with van der Waals surface area (Å²) >= 11 is 0. The third-order valence-electron chi connectivity index (χ3n) is 3.09. The average molecular weight is 248 g/mol. The summed E-state index contributed by atoms with van der Waals surface area (Å²) in [5, 5.41) is 9.58. The lowest BCUT2D eigenvalue weighted by Crippen LogP contribution is -2.18. The van der Waals surface area contributed by atoms with Crippen LogP contribution >= 0.6 is 0 Å². The van der Waals surface area contributed by atoms with E-state index >= 15 is 0 Å². The van der Waals surface area contributed by atoms with Crippen LogP contribution in [-0.2, 0) is 10.2 Å². The van der Waals surface area contributed by atoms with Crippen LogP contribution < -0.4 is 4.74 Å². The Morgan fingerprint density at radius 2 is 2.11 bits per heavy atom. The standard InChI is InChI=1S/C15H20O3/c1-5-7-14(17)18-13-9-8-11(16)10-12(13)15(3,4)6-2/h5,7-10,16H,6H2,1-4H3/b7-5+. The van der Waals surface area contributed by atoms with Crippen molar-refractivity contribution in [3.8, 4) is 11.5 Å². The van der Waals surface area contributed by atoms with Gasteiger partial charge in [0, 0.05) is 11.6 Å². The van der Waals surface area contributed by atoms with Crippen molar-refractivity contribution in [2.45, 2.75) is 39.5 Å². The second kappa shape index (κ2) is 5.71. The smallest absolute Gasteiger partial charge is 0.335 e. The van der Waals surface area contributed by atoms with Gasteiger partial charge in [-0.05, 0) is 37.0 Å². The molecule has 0 radical (unpaired) electrons. The summed E-state index contributed by atoms with van der Waals surface area (Å²) < 4.78 is 5.29. The van der Waals surface area contributed by atoms with Gasteiger partial charge in [0.05, 0.1) is 0 Å². The zero-order valence-electron chi connectivity index (χ0n) is 11.4. The Kier molecular flexibility index (Phi) is 4.54. The minimum atomic E-state index is -0.406. The molecule has 0 saturated carbocycles. The fourth-order valence-corrected chi connectivity index (χ4v) is 1.60. The third-order valence-corrected chi connectivity index (χ3v) is 3.09. The maximum atomic E-state index is 11.5. The predicted molar refractivity (Wildman–Crippen MR) is 71.9 cm³/mol. The second-order valence-corrected chi connectivity index (χ2v) is 4.84. The van der Waals surface area contributed by atoms with Crippen molar-refractivity contribution < 1.29 is 14.6 Å².